The zero-order valence-corrected chi connectivity index (χ0v) is 23.4. The van der Waals surface area contributed by atoms with Crippen molar-refractivity contribution in [3.8, 4) is 11.5 Å². The van der Waals surface area contributed by atoms with Gasteiger partial charge in [-0.2, -0.15) is 5.10 Å². The van der Waals surface area contributed by atoms with Crippen LogP contribution in [0.1, 0.15) is 5.56 Å². The molecule has 3 N–H and O–H groups in total. The van der Waals surface area contributed by atoms with Crippen LogP contribution in [0.3, 0.4) is 0 Å². The van der Waals surface area contributed by atoms with Gasteiger partial charge < -0.3 is 20.1 Å². The predicted octanol–water partition coefficient (Wildman–Crippen LogP) is 5.37. The highest BCUT2D eigenvalue weighted by molar-refractivity contribution is 14.1. The monoisotopic (exact) mass is 674 g/mol. The largest absolute Gasteiger partial charge is 0.493 e. The molecule has 0 atom stereocenters. The van der Waals surface area contributed by atoms with Crippen LogP contribution in [0.25, 0.3) is 0 Å². The minimum atomic E-state index is -0.967. The molecule has 13 heteroatoms. The number of amides is 3. The second-order valence-corrected chi connectivity index (χ2v) is 9.58. The van der Waals surface area contributed by atoms with E-state index in [4.69, 9.17) is 44.3 Å². The summed E-state index contributed by atoms with van der Waals surface area (Å²) >= 11 is 19.7. The van der Waals surface area contributed by atoms with Crippen LogP contribution in [0, 0.1) is 3.57 Å². The van der Waals surface area contributed by atoms with Crippen LogP contribution < -0.4 is 25.5 Å². The maximum Gasteiger partial charge on any atom is 0.329 e. The molecule has 0 spiro atoms. The topological polar surface area (TPSA) is 118 Å². The average Bonchev–Trinajstić information content (AvgIpc) is 2.85. The van der Waals surface area contributed by atoms with E-state index in [2.05, 4.69) is 21.2 Å². The molecule has 0 aliphatic heterocycles. The number of nitrogens with one attached hydrogen (secondary N) is 3. The highest BCUT2D eigenvalue weighted by Gasteiger charge is 2.15. The highest BCUT2D eigenvalue weighted by Crippen LogP contribution is 2.33. The van der Waals surface area contributed by atoms with Crippen molar-refractivity contribution in [2.45, 2.75) is 0 Å². The third-order valence-electron chi connectivity index (χ3n) is 4.47. The molecular formula is C24H18Cl3IN4O5. The van der Waals surface area contributed by atoms with Crippen LogP contribution in [-0.2, 0) is 14.4 Å². The average molecular weight is 676 g/mol. The number of nitrogens with zero attached hydrogens (tertiary/aromatic N) is 1. The van der Waals surface area contributed by atoms with Gasteiger partial charge in [0.25, 0.3) is 5.91 Å². The summed E-state index contributed by atoms with van der Waals surface area (Å²) in [6, 6.07) is 14.4. The lowest BCUT2D eigenvalue weighted by Gasteiger charge is -2.13. The van der Waals surface area contributed by atoms with E-state index < -0.39 is 17.7 Å². The molecule has 0 radical (unpaired) electrons. The molecule has 0 saturated heterocycles. The lowest BCUT2D eigenvalue weighted by molar-refractivity contribution is -0.136. The first-order valence-corrected chi connectivity index (χ1v) is 12.5. The molecule has 0 heterocycles. The number of hydrogen-bond donors (Lipinski definition) is 3. The second-order valence-electron chi connectivity index (χ2n) is 7.16. The number of halogens is 4. The summed E-state index contributed by atoms with van der Waals surface area (Å²) in [5, 5.41) is 9.99. The van der Waals surface area contributed by atoms with Gasteiger partial charge in [-0.25, -0.2) is 5.43 Å². The number of carbonyl (C=O) groups is 3. The van der Waals surface area contributed by atoms with Crippen molar-refractivity contribution >= 4 is 92.7 Å². The van der Waals surface area contributed by atoms with Crippen molar-refractivity contribution < 1.29 is 23.9 Å². The lowest BCUT2D eigenvalue weighted by Crippen LogP contribution is -2.32. The summed E-state index contributed by atoms with van der Waals surface area (Å²) in [7, 11) is 1.44. The Hall–Kier alpha value is -3.06. The van der Waals surface area contributed by atoms with Crippen LogP contribution in [0.15, 0.2) is 59.7 Å². The summed E-state index contributed by atoms with van der Waals surface area (Å²) in [6.45, 7) is -0.294. The van der Waals surface area contributed by atoms with E-state index in [9.17, 15) is 14.4 Å². The van der Waals surface area contributed by atoms with E-state index in [1.165, 1.54) is 25.5 Å². The normalized spacial score (nSPS) is 10.6. The zero-order chi connectivity index (χ0) is 26.9. The Balaban J connectivity index is 1.58. The Morgan fingerprint density at radius 1 is 0.946 bits per heavy atom. The summed E-state index contributed by atoms with van der Waals surface area (Å²) in [6.07, 6.45) is 1.33. The minimum Gasteiger partial charge on any atom is -0.493 e. The number of ether oxygens (including phenoxy) is 2. The molecule has 0 fully saturated rings. The van der Waals surface area contributed by atoms with E-state index in [0.717, 1.165) is 0 Å². The van der Waals surface area contributed by atoms with Crippen molar-refractivity contribution in [2.75, 3.05) is 24.4 Å². The van der Waals surface area contributed by atoms with Crippen LogP contribution in [0.2, 0.25) is 15.1 Å². The van der Waals surface area contributed by atoms with E-state index in [1.54, 1.807) is 42.5 Å². The van der Waals surface area contributed by atoms with Gasteiger partial charge in [0.05, 0.1) is 26.9 Å². The first-order chi connectivity index (χ1) is 17.7. The molecule has 192 valence electrons. The van der Waals surface area contributed by atoms with E-state index in [1.807, 2.05) is 22.6 Å². The fraction of sp³-hybridized carbons (Fsp3) is 0.0833. The number of carbonyl (C=O) groups excluding carboxylic acids is 3. The first kappa shape index (κ1) is 28.5. The second kappa shape index (κ2) is 13.5. The van der Waals surface area contributed by atoms with Crippen molar-refractivity contribution in [1.82, 2.24) is 5.43 Å². The Kier molecular flexibility index (Phi) is 10.4. The van der Waals surface area contributed by atoms with Crippen molar-refractivity contribution in [2.24, 2.45) is 5.10 Å². The van der Waals surface area contributed by atoms with Gasteiger partial charge in [-0.3, -0.25) is 14.4 Å². The van der Waals surface area contributed by atoms with Crippen molar-refractivity contribution in [3.63, 3.8) is 0 Å². The molecule has 0 unspecified atom stereocenters. The molecule has 0 saturated carbocycles. The van der Waals surface area contributed by atoms with Gasteiger partial charge in [0.1, 0.15) is 0 Å². The molecule has 3 amide bonds. The van der Waals surface area contributed by atoms with Crippen LogP contribution in [-0.4, -0.2) is 37.7 Å². The molecule has 37 heavy (non-hydrogen) atoms. The van der Waals surface area contributed by atoms with Gasteiger partial charge in [-0.15, -0.1) is 0 Å². The lowest BCUT2D eigenvalue weighted by atomic mass is 10.2. The quantitative estimate of drug-likeness (QED) is 0.129. The summed E-state index contributed by atoms with van der Waals surface area (Å²) in [5.74, 6) is -1.61. The maximum atomic E-state index is 12.3. The fourth-order valence-electron chi connectivity index (χ4n) is 2.83. The minimum absolute atomic E-state index is 0.294. The molecule has 0 bridgehead atoms. The van der Waals surface area contributed by atoms with Gasteiger partial charge in [0.2, 0.25) is 0 Å². The number of hydrogen-bond acceptors (Lipinski definition) is 6. The fourth-order valence-corrected chi connectivity index (χ4v) is 4.10. The highest BCUT2D eigenvalue weighted by atomic mass is 127. The summed E-state index contributed by atoms with van der Waals surface area (Å²) in [4.78, 5) is 36.3. The molecule has 3 rings (SSSR count). The smallest absolute Gasteiger partial charge is 0.329 e. The van der Waals surface area contributed by atoms with Gasteiger partial charge in [-0.1, -0.05) is 40.9 Å². The van der Waals surface area contributed by atoms with E-state index >= 15 is 0 Å². The Morgan fingerprint density at radius 3 is 2.41 bits per heavy atom. The molecule has 0 aromatic heterocycles. The van der Waals surface area contributed by atoms with Crippen LogP contribution in [0.5, 0.6) is 11.5 Å². The number of benzene rings is 3. The molecule has 3 aromatic rings. The molecule has 9 nitrogen and oxygen atoms in total. The van der Waals surface area contributed by atoms with E-state index in [-0.39, 0.29) is 6.61 Å². The SMILES string of the molecule is COc1cc(/C=N\NC(=O)C(=O)Nc2cccc(Cl)c2)cc(I)c1OCC(=O)Nc1ccc(Cl)c(Cl)c1. The Labute approximate surface area is 240 Å². The molecule has 3 aromatic carbocycles. The van der Waals surface area contributed by atoms with Crippen LogP contribution >= 0.6 is 57.4 Å². The third kappa shape index (κ3) is 8.49. The van der Waals surface area contributed by atoms with Gasteiger partial charge in [-0.05, 0) is 76.7 Å². The van der Waals surface area contributed by atoms with E-state index in [0.29, 0.717) is 47.1 Å². The van der Waals surface area contributed by atoms with Crippen molar-refractivity contribution in [3.05, 3.63) is 78.8 Å². The summed E-state index contributed by atoms with van der Waals surface area (Å²) < 4.78 is 11.6. The predicted molar refractivity (Wildman–Crippen MR) is 152 cm³/mol. The third-order valence-corrected chi connectivity index (χ3v) is 6.25. The zero-order valence-electron chi connectivity index (χ0n) is 19.0. The van der Waals surface area contributed by atoms with Crippen LogP contribution in [0.4, 0.5) is 11.4 Å². The number of anilines is 2. The van der Waals surface area contributed by atoms with Gasteiger partial charge >= 0.3 is 11.8 Å². The molecular weight excluding hydrogens is 658 g/mol. The molecule has 0 aliphatic carbocycles. The Morgan fingerprint density at radius 2 is 1.70 bits per heavy atom. The number of methoxy groups -OCH3 is 1. The number of rotatable bonds is 8. The number of hydrazone groups is 1. The summed E-state index contributed by atoms with van der Waals surface area (Å²) in [5.41, 5.74) is 3.54. The maximum absolute atomic E-state index is 12.3. The van der Waals surface area contributed by atoms with Gasteiger partial charge in [0.15, 0.2) is 18.1 Å². The Bertz CT molecular complexity index is 1370. The first-order valence-electron chi connectivity index (χ1n) is 10.3. The molecule has 0 aliphatic rings. The standard InChI is InChI=1S/C24H18Cl3IN4O5/c1-36-20-8-13(11-29-32-24(35)23(34)31-15-4-2-3-14(25)9-15)7-19(28)22(20)37-12-21(33)30-16-5-6-17(26)18(27)10-16/h2-11H,12H2,1H3,(H,30,33)(H,31,34)(H,32,35)/b29-11-. The van der Waals surface area contributed by atoms with Gasteiger partial charge in [0, 0.05) is 16.4 Å². The van der Waals surface area contributed by atoms with Crippen molar-refractivity contribution in [1.29, 1.82) is 0 Å².